The molecule has 2 aliphatic rings. The number of hydrogen-bond donors (Lipinski definition) is 0. The summed E-state index contributed by atoms with van der Waals surface area (Å²) < 4.78 is 5.73. The summed E-state index contributed by atoms with van der Waals surface area (Å²) in [6.45, 7) is 0.777. The molecule has 0 aromatic heterocycles. The number of carbonyl (C=O) groups excluding carboxylic acids is 2. The number of ether oxygens (including phenoxy) is 1. The SMILES string of the molecule is N#Cc1cccc(-c2ccc(C(=O)N3CC[C@@]4(C3)OC(=O)c3ccccc34)c(Cl)c2)c1. The number of amides is 1. The average molecular weight is 429 g/mol. The Hall–Kier alpha value is -3.62. The van der Waals surface area contributed by atoms with Gasteiger partial charge in [-0.25, -0.2) is 4.79 Å². The molecule has 1 spiro atoms. The molecule has 2 aliphatic heterocycles. The highest BCUT2D eigenvalue weighted by Gasteiger charge is 2.51. The minimum atomic E-state index is -0.784. The van der Waals surface area contributed by atoms with E-state index in [0.717, 1.165) is 16.7 Å². The van der Waals surface area contributed by atoms with Gasteiger partial charge in [-0.15, -0.1) is 0 Å². The fourth-order valence-electron chi connectivity index (χ4n) is 4.41. The van der Waals surface area contributed by atoms with Crippen LogP contribution in [-0.2, 0) is 10.3 Å². The van der Waals surface area contributed by atoms with Crippen molar-refractivity contribution in [2.24, 2.45) is 0 Å². The molecule has 0 radical (unpaired) electrons. The van der Waals surface area contributed by atoms with Gasteiger partial charge in [-0.2, -0.15) is 5.26 Å². The van der Waals surface area contributed by atoms with Crippen LogP contribution in [0.1, 0.15) is 38.3 Å². The van der Waals surface area contributed by atoms with E-state index in [2.05, 4.69) is 6.07 Å². The fourth-order valence-corrected chi connectivity index (χ4v) is 4.67. The van der Waals surface area contributed by atoms with E-state index in [1.165, 1.54) is 0 Å². The number of nitriles is 1. The lowest BCUT2D eigenvalue weighted by Gasteiger charge is -2.24. The molecule has 1 amide bonds. The van der Waals surface area contributed by atoms with Gasteiger partial charge >= 0.3 is 5.97 Å². The monoisotopic (exact) mass is 428 g/mol. The van der Waals surface area contributed by atoms with Crippen LogP contribution in [0.15, 0.2) is 66.7 Å². The molecule has 3 aromatic carbocycles. The third-order valence-electron chi connectivity index (χ3n) is 5.97. The first-order valence-corrected chi connectivity index (χ1v) is 10.3. The Balaban J connectivity index is 1.40. The standard InChI is InChI=1S/C25H17ClN2O3/c26-22-13-18(17-5-3-4-16(12-17)14-27)8-9-20(22)23(29)28-11-10-25(15-28)21-7-2-1-6-19(21)24(30)31-25/h1-9,12-13H,10-11,15H2/t25-/m0/s1. The van der Waals surface area contributed by atoms with E-state index in [-0.39, 0.29) is 11.9 Å². The van der Waals surface area contributed by atoms with Crippen molar-refractivity contribution in [3.05, 3.63) is 94.0 Å². The van der Waals surface area contributed by atoms with Crippen LogP contribution in [0.3, 0.4) is 0 Å². The lowest BCUT2D eigenvalue weighted by molar-refractivity contribution is -0.00306. The molecule has 1 fully saturated rings. The van der Waals surface area contributed by atoms with E-state index in [9.17, 15) is 9.59 Å². The average Bonchev–Trinajstić information content (AvgIpc) is 3.35. The lowest BCUT2D eigenvalue weighted by atomic mass is 9.91. The second kappa shape index (κ2) is 7.26. The lowest BCUT2D eigenvalue weighted by Crippen LogP contribution is -2.34. The molecule has 31 heavy (non-hydrogen) atoms. The number of rotatable bonds is 2. The summed E-state index contributed by atoms with van der Waals surface area (Å²) in [6, 6.07) is 22.0. The smallest absolute Gasteiger partial charge is 0.339 e. The van der Waals surface area contributed by atoms with Crippen LogP contribution < -0.4 is 0 Å². The zero-order chi connectivity index (χ0) is 21.6. The van der Waals surface area contributed by atoms with Crippen molar-refractivity contribution in [3.63, 3.8) is 0 Å². The number of halogens is 1. The van der Waals surface area contributed by atoms with Gasteiger partial charge in [-0.05, 0) is 41.5 Å². The van der Waals surface area contributed by atoms with Crippen LogP contribution in [0.4, 0.5) is 0 Å². The largest absolute Gasteiger partial charge is 0.449 e. The second-order valence-electron chi connectivity index (χ2n) is 7.79. The number of esters is 1. The van der Waals surface area contributed by atoms with Gasteiger partial charge in [-0.3, -0.25) is 4.79 Å². The molecule has 1 atom stereocenters. The summed E-state index contributed by atoms with van der Waals surface area (Å²) in [5.41, 5.74) is 3.27. The van der Waals surface area contributed by atoms with Crippen LogP contribution in [0.5, 0.6) is 0 Å². The zero-order valence-electron chi connectivity index (χ0n) is 16.5. The molecule has 5 nitrogen and oxygen atoms in total. The molecule has 1 saturated heterocycles. The van der Waals surface area contributed by atoms with E-state index in [0.29, 0.717) is 41.2 Å². The van der Waals surface area contributed by atoms with Gasteiger partial charge in [0.25, 0.3) is 5.91 Å². The first kappa shape index (κ1) is 19.3. The van der Waals surface area contributed by atoms with Crippen LogP contribution >= 0.6 is 11.6 Å². The number of hydrogen-bond acceptors (Lipinski definition) is 4. The number of benzene rings is 3. The summed E-state index contributed by atoms with van der Waals surface area (Å²) in [7, 11) is 0. The molecule has 3 aromatic rings. The molecule has 0 N–H and O–H groups in total. The Morgan fingerprint density at radius 3 is 2.68 bits per heavy atom. The van der Waals surface area contributed by atoms with E-state index in [4.69, 9.17) is 21.6 Å². The van der Waals surface area contributed by atoms with Crippen molar-refractivity contribution < 1.29 is 14.3 Å². The van der Waals surface area contributed by atoms with Crippen LogP contribution in [-0.4, -0.2) is 29.9 Å². The topological polar surface area (TPSA) is 70.4 Å². The molecule has 6 heteroatoms. The maximum atomic E-state index is 13.2. The summed E-state index contributed by atoms with van der Waals surface area (Å²) in [5, 5.41) is 9.45. The molecular weight excluding hydrogens is 412 g/mol. The molecule has 2 heterocycles. The highest BCUT2D eigenvalue weighted by molar-refractivity contribution is 6.34. The highest BCUT2D eigenvalue weighted by atomic mass is 35.5. The molecule has 0 unspecified atom stereocenters. The molecule has 5 rings (SSSR count). The maximum absolute atomic E-state index is 13.2. The Kier molecular flexibility index (Phi) is 4.53. The van der Waals surface area contributed by atoms with Crippen molar-refractivity contribution in [2.75, 3.05) is 13.1 Å². The molecule has 0 bridgehead atoms. The van der Waals surface area contributed by atoms with Gasteiger partial charge in [0, 0.05) is 18.5 Å². The predicted octanol–water partition coefficient (Wildman–Crippen LogP) is 4.79. The third-order valence-corrected chi connectivity index (χ3v) is 6.28. The van der Waals surface area contributed by atoms with Crippen LogP contribution in [0.2, 0.25) is 5.02 Å². The van der Waals surface area contributed by atoms with Gasteiger partial charge in [0.05, 0.1) is 34.3 Å². The van der Waals surface area contributed by atoms with Gasteiger partial charge in [-0.1, -0.05) is 48.0 Å². The number of likely N-dealkylation sites (tertiary alicyclic amines) is 1. The van der Waals surface area contributed by atoms with Crippen molar-refractivity contribution in [1.82, 2.24) is 4.90 Å². The van der Waals surface area contributed by atoms with Crippen LogP contribution in [0.25, 0.3) is 11.1 Å². The maximum Gasteiger partial charge on any atom is 0.339 e. The van der Waals surface area contributed by atoms with Gasteiger partial charge in [0.2, 0.25) is 0 Å². The molecular formula is C25H17ClN2O3. The Labute approximate surface area is 184 Å². The van der Waals surface area contributed by atoms with E-state index < -0.39 is 5.60 Å². The van der Waals surface area contributed by atoms with E-state index >= 15 is 0 Å². The summed E-state index contributed by atoms with van der Waals surface area (Å²) in [4.78, 5) is 27.2. The Morgan fingerprint density at radius 2 is 1.87 bits per heavy atom. The van der Waals surface area contributed by atoms with E-state index in [1.807, 2.05) is 36.4 Å². The number of nitrogens with zero attached hydrogens (tertiary/aromatic N) is 2. The quantitative estimate of drug-likeness (QED) is 0.550. The van der Waals surface area contributed by atoms with E-state index in [1.54, 1.807) is 35.2 Å². The highest BCUT2D eigenvalue weighted by Crippen LogP contribution is 2.43. The zero-order valence-corrected chi connectivity index (χ0v) is 17.2. The minimum Gasteiger partial charge on any atom is -0.449 e. The Bertz CT molecular complexity index is 1280. The summed E-state index contributed by atoms with van der Waals surface area (Å²) in [5.74, 6) is -0.536. The number of fused-ring (bicyclic) bond motifs is 2. The molecule has 0 aliphatic carbocycles. The van der Waals surface area contributed by atoms with Crippen molar-refractivity contribution in [2.45, 2.75) is 12.0 Å². The van der Waals surface area contributed by atoms with Gasteiger partial charge in [0.15, 0.2) is 5.60 Å². The van der Waals surface area contributed by atoms with Gasteiger partial charge < -0.3 is 9.64 Å². The van der Waals surface area contributed by atoms with Crippen molar-refractivity contribution in [3.8, 4) is 17.2 Å². The van der Waals surface area contributed by atoms with Crippen molar-refractivity contribution >= 4 is 23.5 Å². The molecule has 152 valence electrons. The summed E-state index contributed by atoms with van der Waals surface area (Å²) in [6.07, 6.45) is 0.554. The van der Waals surface area contributed by atoms with Crippen molar-refractivity contribution in [1.29, 1.82) is 5.26 Å². The first-order valence-electron chi connectivity index (χ1n) is 9.93. The second-order valence-corrected chi connectivity index (χ2v) is 8.20. The molecule has 0 saturated carbocycles. The van der Waals surface area contributed by atoms with Crippen LogP contribution in [0, 0.1) is 11.3 Å². The van der Waals surface area contributed by atoms with Gasteiger partial charge in [0.1, 0.15) is 0 Å². The Morgan fingerprint density at radius 1 is 1.06 bits per heavy atom. The number of carbonyl (C=O) groups is 2. The predicted molar refractivity (Wildman–Crippen MR) is 116 cm³/mol. The normalized spacial score (nSPS) is 19.2. The fraction of sp³-hybridized carbons (Fsp3) is 0.160. The first-order chi connectivity index (χ1) is 15.0. The minimum absolute atomic E-state index is 0.195. The summed E-state index contributed by atoms with van der Waals surface area (Å²) >= 11 is 6.48. The third kappa shape index (κ3) is 3.17.